The molecular formula is C25H24FNO2S2. The zero-order valence-electron chi connectivity index (χ0n) is 17.6. The summed E-state index contributed by atoms with van der Waals surface area (Å²) in [5.74, 6) is -0.0133. The third-order valence-electron chi connectivity index (χ3n) is 4.54. The number of hydrogen-bond donors (Lipinski definition) is 1. The summed E-state index contributed by atoms with van der Waals surface area (Å²) in [6.07, 6.45) is 5.47. The second-order valence-corrected chi connectivity index (χ2v) is 8.78. The number of ether oxygens (including phenoxy) is 1. The first-order valence-electron chi connectivity index (χ1n) is 9.68. The molecule has 6 heteroatoms. The van der Waals surface area contributed by atoms with Crippen molar-refractivity contribution in [3.63, 3.8) is 0 Å². The number of carbonyl (C=O) groups is 1. The van der Waals surface area contributed by atoms with E-state index in [9.17, 15) is 9.18 Å². The third kappa shape index (κ3) is 6.39. The van der Waals surface area contributed by atoms with Gasteiger partial charge < -0.3 is 10.1 Å². The summed E-state index contributed by atoms with van der Waals surface area (Å²) in [7, 11) is 0. The van der Waals surface area contributed by atoms with E-state index in [4.69, 9.17) is 4.74 Å². The molecule has 160 valence electrons. The van der Waals surface area contributed by atoms with Gasteiger partial charge in [-0.1, -0.05) is 36.4 Å². The van der Waals surface area contributed by atoms with Gasteiger partial charge in [-0.2, -0.15) is 0 Å². The molecule has 0 amide bonds. The Hall–Kier alpha value is -2.70. The Morgan fingerprint density at radius 1 is 1.03 bits per heavy atom. The SMILES string of the molecule is CSC(=CC(=O)c1cc(Nc2ccc(C)cc2F)ccc1OCc1ccccc1)SC. The molecule has 0 saturated heterocycles. The number of thioether (sulfide) groups is 2. The van der Waals surface area contributed by atoms with Crippen LogP contribution in [0.3, 0.4) is 0 Å². The molecule has 3 aromatic carbocycles. The van der Waals surface area contributed by atoms with E-state index in [0.717, 1.165) is 15.4 Å². The topological polar surface area (TPSA) is 38.3 Å². The van der Waals surface area contributed by atoms with Crippen LogP contribution in [-0.4, -0.2) is 18.3 Å². The van der Waals surface area contributed by atoms with E-state index in [1.165, 1.54) is 29.6 Å². The molecule has 1 N–H and O–H groups in total. The summed E-state index contributed by atoms with van der Waals surface area (Å²) in [6.45, 7) is 2.19. The Morgan fingerprint density at radius 2 is 1.77 bits per heavy atom. The molecule has 31 heavy (non-hydrogen) atoms. The number of aryl methyl sites for hydroxylation is 1. The van der Waals surface area contributed by atoms with Crippen LogP contribution in [0.5, 0.6) is 5.75 Å². The van der Waals surface area contributed by atoms with Gasteiger partial charge in [0.05, 0.1) is 11.3 Å². The predicted octanol–water partition coefficient (Wildman–Crippen LogP) is 7.21. The van der Waals surface area contributed by atoms with Gasteiger partial charge in [-0.3, -0.25) is 4.79 Å². The fourth-order valence-electron chi connectivity index (χ4n) is 2.92. The van der Waals surface area contributed by atoms with Crippen molar-refractivity contribution in [2.75, 3.05) is 17.8 Å². The highest BCUT2D eigenvalue weighted by Crippen LogP contribution is 2.30. The highest BCUT2D eigenvalue weighted by Gasteiger charge is 2.14. The number of ketones is 1. The van der Waals surface area contributed by atoms with Gasteiger partial charge in [0.15, 0.2) is 5.78 Å². The van der Waals surface area contributed by atoms with Crippen LogP contribution in [0.4, 0.5) is 15.8 Å². The zero-order valence-corrected chi connectivity index (χ0v) is 19.3. The first kappa shape index (κ1) is 23.0. The van der Waals surface area contributed by atoms with Gasteiger partial charge in [0, 0.05) is 16.0 Å². The van der Waals surface area contributed by atoms with Gasteiger partial charge in [-0.15, -0.1) is 23.5 Å². The van der Waals surface area contributed by atoms with Crippen LogP contribution in [0.25, 0.3) is 0 Å². The van der Waals surface area contributed by atoms with E-state index in [-0.39, 0.29) is 11.6 Å². The van der Waals surface area contributed by atoms with Crippen LogP contribution in [0.2, 0.25) is 0 Å². The molecule has 0 heterocycles. The lowest BCUT2D eigenvalue weighted by molar-refractivity contribution is 0.104. The summed E-state index contributed by atoms with van der Waals surface area (Å²) in [6, 6.07) is 20.0. The maximum absolute atomic E-state index is 14.3. The minimum atomic E-state index is -0.343. The van der Waals surface area contributed by atoms with Crippen LogP contribution in [0.1, 0.15) is 21.5 Å². The molecule has 0 unspecified atom stereocenters. The molecule has 0 bridgehead atoms. The molecular weight excluding hydrogens is 429 g/mol. The third-order valence-corrected chi connectivity index (χ3v) is 6.58. The van der Waals surface area contributed by atoms with Crippen molar-refractivity contribution in [1.29, 1.82) is 0 Å². The Kier molecular flexibility index (Phi) is 8.20. The Balaban J connectivity index is 1.92. The second kappa shape index (κ2) is 11.1. The van der Waals surface area contributed by atoms with E-state index in [1.54, 1.807) is 30.3 Å². The van der Waals surface area contributed by atoms with E-state index in [2.05, 4.69) is 5.32 Å². The molecule has 0 spiro atoms. The van der Waals surface area contributed by atoms with Gasteiger partial charge in [0.2, 0.25) is 0 Å². The number of carbonyl (C=O) groups excluding carboxylic acids is 1. The van der Waals surface area contributed by atoms with E-state index >= 15 is 0 Å². The maximum atomic E-state index is 14.3. The molecule has 0 fully saturated rings. The molecule has 3 aromatic rings. The Morgan fingerprint density at radius 3 is 2.45 bits per heavy atom. The van der Waals surface area contributed by atoms with Crippen molar-refractivity contribution in [3.8, 4) is 5.75 Å². The van der Waals surface area contributed by atoms with Crippen molar-refractivity contribution in [3.05, 3.63) is 99.6 Å². The lowest BCUT2D eigenvalue weighted by Crippen LogP contribution is -2.04. The van der Waals surface area contributed by atoms with Crippen LogP contribution in [-0.2, 0) is 6.61 Å². The largest absolute Gasteiger partial charge is 0.488 e. The molecule has 0 atom stereocenters. The van der Waals surface area contributed by atoms with Gasteiger partial charge in [-0.05, 0) is 60.9 Å². The summed E-state index contributed by atoms with van der Waals surface area (Å²) in [5, 5.41) is 3.06. The Bertz CT molecular complexity index is 1080. The average molecular weight is 454 g/mol. The normalized spacial score (nSPS) is 10.5. The number of anilines is 2. The highest BCUT2D eigenvalue weighted by molar-refractivity contribution is 8.21. The minimum Gasteiger partial charge on any atom is -0.488 e. The molecule has 0 aliphatic rings. The minimum absolute atomic E-state index is 0.158. The van der Waals surface area contributed by atoms with E-state index in [1.807, 2.05) is 55.8 Å². The van der Waals surface area contributed by atoms with Crippen LogP contribution < -0.4 is 10.1 Å². The van der Waals surface area contributed by atoms with Crippen molar-refractivity contribution >= 4 is 40.7 Å². The quantitative estimate of drug-likeness (QED) is 0.274. The first-order chi connectivity index (χ1) is 15.0. The number of benzene rings is 3. The Labute approximate surface area is 191 Å². The smallest absolute Gasteiger partial charge is 0.191 e. The van der Waals surface area contributed by atoms with Crippen molar-refractivity contribution < 1.29 is 13.9 Å². The number of nitrogens with one attached hydrogen (secondary N) is 1. The summed E-state index contributed by atoms with van der Waals surface area (Å²) in [5.41, 5.74) is 3.24. The van der Waals surface area contributed by atoms with E-state index < -0.39 is 0 Å². The van der Waals surface area contributed by atoms with Crippen molar-refractivity contribution in [2.24, 2.45) is 0 Å². The number of halogens is 1. The van der Waals surface area contributed by atoms with E-state index in [0.29, 0.717) is 29.3 Å². The summed E-state index contributed by atoms with van der Waals surface area (Å²) in [4.78, 5) is 13.0. The lowest BCUT2D eigenvalue weighted by Gasteiger charge is -2.14. The number of hydrogen-bond acceptors (Lipinski definition) is 5. The summed E-state index contributed by atoms with van der Waals surface area (Å²) >= 11 is 3.03. The first-order valence-corrected chi connectivity index (χ1v) is 12.1. The van der Waals surface area contributed by atoms with Gasteiger partial charge in [0.25, 0.3) is 0 Å². The monoisotopic (exact) mass is 453 g/mol. The summed E-state index contributed by atoms with van der Waals surface area (Å²) < 4.78 is 21.2. The molecule has 0 aliphatic heterocycles. The molecule has 0 aliphatic carbocycles. The van der Waals surface area contributed by atoms with Gasteiger partial charge >= 0.3 is 0 Å². The van der Waals surface area contributed by atoms with Crippen LogP contribution in [0, 0.1) is 12.7 Å². The standard InChI is InChI=1S/C25H24FNO2S2/c1-17-9-11-22(21(26)13-17)27-19-10-12-24(29-16-18-7-5-4-6-8-18)20(14-19)23(28)15-25(30-2)31-3/h4-15,27H,16H2,1-3H3. The lowest BCUT2D eigenvalue weighted by atomic mass is 10.1. The van der Waals surface area contributed by atoms with Crippen LogP contribution in [0.15, 0.2) is 77.0 Å². The fourth-order valence-corrected chi connectivity index (χ4v) is 4.04. The molecule has 0 saturated carbocycles. The van der Waals surface area contributed by atoms with Crippen molar-refractivity contribution in [1.82, 2.24) is 0 Å². The molecule has 3 rings (SSSR count). The van der Waals surface area contributed by atoms with Gasteiger partial charge in [0.1, 0.15) is 18.2 Å². The average Bonchev–Trinajstić information content (AvgIpc) is 2.79. The van der Waals surface area contributed by atoms with Crippen molar-refractivity contribution in [2.45, 2.75) is 13.5 Å². The highest BCUT2D eigenvalue weighted by atomic mass is 32.2. The molecule has 0 radical (unpaired) electrons. The predicted molar refractivity (Wildman–Crippen MR) is 131 cm³/mol. The second-order valence-electron chi connectivity index (χ2n) is 6.83. The molecule has 3 nitrogen and oxygen atoms in total. The zero-order chi connectivity index (χ0) is 22.2. The molecule has 0 aromatic heterocycles. The van der Waals surface area contributed by atoms with Crippen LogP contribution >= 0.6 is 23.5 Å². The maximum Gasteiger partial charge on any atom is 0.191 e. The number of allylic oxidation sites excluding steroid dienone is 1. The van der Waals surface area contributed by atoms with Gasteiger partial charge in [-0.25, -0.2) is 4.39 Å². The number of rotatable bonds is 9. The fraction of sp³-hybridized carbons (Fsp3) is 0.160.